The summed E-state index contributed by atoms with van der Waals surface area (Å²) in [6.07, 6.45) is 4.78. The number of hydrogen-bond donors (Lipinski definition) is 2. The molecule has 19 heavy (non-hydrogen) atoms. The number of nitrogens with zero attached hydrogens (tertiary/aromatic N) is 1. The third kappa shape index (κ3) is 5.41. The summed E-state index contributed by atoms with van der Waals surface area (Å²) < 4.78 is 0. The number of nitrogens with two attached hydrogens (primary N) is 1. The summed E-state index contributed by atoms with van der Waals surface area (Å²) >= 11 is 0. The summed E-state index contributed by atoms with van der Waals surface area (Å²) in [7, 11) is 0. The molecule has 1 saturated heterocycles. The van der Waals surface area contributed by atoms with Crippen LogP contribution in [0.1, 0.15) is 60.3 Å². The predicted molar refractivity (Wildman–Crippen MR) is 82.1 cm³/mol. The van der Waals surface area contributed by atoms with E-state index in [0.29, 0.717) is 11.5 Å². The minimum absolute atomic E-state index is 0.0653. The molecule has 0 amide bonds. The molecule has 3 nitrogen and oxygen atoms in total. The zero-order valence-electron chi connectivity index (χ0n) is 13.6. The first-order valence-corrected chi connectivity index (χ1v) is 7.79. The fourth-order valence-electron chi connectivity index (χ4n) is 3.29. The molecule has 3 atom stereocenters. The molecule has 0 aromatic heterocycles. The van der Waals surface area contributed by atoms with E-state index in [-0.39, 0.29) is 6.61 Å². The monoisotopic (exact) mass is 270 g/mol. The summed E-state index contributed by atoms with van der Waals surface area (Å²) in [5, 5.41) is 9.30. The summed E-state index contributed by atoms with van der Waals surface area (Å²) in [5.41, 5.74) is 6.06. The lowest BCUT2D eigenvalue weighted by Gasteiger charge is -2.34. The van der Waals surface area contributed by atoms with Gasteiger partial charge in [-0.1, -0.05) is 20.8 Å². The Morgan fingerprint density at radius 2 is 1.84 bits per heavy atom. The second-order valence-corrected chi connectivity index (χ2v) is 7.90. The SMILES string of the molecule is CC(CC(C)(N)CO)N1CCCC(C(C)(C)C)CC1. The van der Waals surface area contributed by atoms with Gasteiger partial charge in [0.1, 0.15) is 0 Å². The van der Waals surface area contributed by atoms with E-state index in [1.807, 2.05) is 6.92 Å². The molecule has 1 heterocycles. The smallest absolute Gasteiger partial charge is 0.0609 e. The van der Waals surface area contributed by atoms with E-state index < -0.39 is 5.54 Å². The van der Waals surface area contributed by atoms with Gasteiger partial charge in [-0.3, -0.25) is 0 Å². The van der Waals surface area contributed by atoms with Crippen molar-refractivity contribution in [2.45, 2.75) is 71.9 Å². The molecule has 0 aromatic carbocycles. The van der Waals surface area contributed by atoms with Gasteiger partial charge in [-0.25, -0.2) is 0 Å². The normalized spacial score (nSPS) is 27.6. The predicted octanol–water partition coefficient (Wildman–Crippen LogP) is 2.62. The minimum atomic E-state index is -0.449. The highest BCUT2D eigenvalue weighted by atomic mass is 16.3. The molecule has 3 heteroatoms. The fourth-order valence-corrected chi connectivity index (χ4v) is 3.29. The molecule has 114 valence electrons. The van der Waals surface area contributed by atoms with Gasteiger partial charge < -0.3 is 15.7 Å². The van der Waals surface area contributed by atoms with Crippen LogP contribution in [-0.2, 0) is 0 Å². The number of aliphatic hydroxyl groups excluding tert-OH is 1. The Morgan fingerprint density at radius 3 is 2.37 bits per heavy atom. The van der Waals surface area contributed by atoms with E-state index in [2.05, 4.69) is 32.6 Å². The van der Waals surface area contributed by atoms with Crippen LogP contribution in [0.3, 0.4) is 0 Å². The van der Waals surface area contributed by atoms with E-state index in [4.69, 9.17) is 5.73 Å². The van der Waals surface area contributed by atoms with Gasteiger partial charge in [-0.2, -0.15) is 0 Å². The van der Waals surface area contributed by atoms with Crippen LogP contribution in [0, 0.1) is 11.3 Å². The van der Waals surface area contributed by atoms with E-state index in [1.54, 1.807) is 0 Å². The van der Waals surface area contributed by atoms with Gasteiger partial charge >= 0.3 is 0 Å². The van der Waals surface area contributed by atoms with Gasteiger partial charge in [-0.05, 0) is 64.0 Å². The Bertz CT molecular complexity index is 270. The topological polar surface area (TPSA) is 49.5 Å². The van der Waals surface area contributed by atoms with Crippen molar-refractivity contribution in [3.05, 3.63) is 0 Å². The van der Waals surface area contributed by atoms with Crippen LogP contribution < -0.4 is 5.73 Å². The Labute approximate surface area is 119 Å². The number of likely N-dealkylation sites (tertiary alicyclic amines) is 1. The van der Waals surface area contributed by atoms with Crippen molar-refractivity contribution < 1.29 is 5.11 Å². The molecule has 3 unspecified atom stereocenters. The second-order valence-electron chi connectivity index (χ2n) is 7.90. The lowest BCUT2D eigenvalue weighted by Crippen LogP contribution is -2.47. The van der Waals surface area contributed by atoms with Crippen molar-refractivity contribution in [1.82, 2.24) is 4.90 Å². The summed E-state index contributed by atoms with van der Waals surface area (Å²) in [6.45, 7) is 13.7. The second kappa shape index (κ2) is 6.55. The minimum Gasteiger partial charge on any atom is -0.394 e. The Kier molecular flexibility index (Phi) is 5.84. The summed E-state index contributed by atoms with van der Waals surface area (Å²) in [6, 6.07) is 0.459. The highest BCUT2D eigenvalue weighted by Gasteiger charge is 2.30. The average molecular weight is 270 g/mol. The molecule has 0 spiro atoms. The van der Waals surface area contributed by atoms with Gasteiger partial charge in [0.2, 0.25) is 0 Å². The van der Waals surface area contributed by atoms with Gasteiger partial charge in [0.25, 0.3) is 0 Å². The molecule has 0 saturated carbocycles. The van der Waals surface area contributed by atoms with Gasteiger partial charge in [0.05, 0.1) is 6.61 Å². The van der Waals surface area contributed by atoms with Crippen LogP contribution in [0.4, 0.5) is 0 Å². The van der Waals surface area contributed by atoms with Crippen molar-refractivity contribution in [3.63, 3.8) is 0 Å². The largest absolute Gasteiger partial charge is 0.394 e. The first-order chi connectivity index (χ1) is 8.65. The number of aliphatic hydroxyl groups is 1. The van der Waals surface area contributed by atoms with Crippen molar-refractivity contribution in [3.8, 4) is 0 Å². The van der Waals surface area contributed by atoms with Crippen LogP contribution in [0.2, 0.25) is 0 Å². The number of hydrogen-bond acceptors (Lipinski definition) is 3. The molecule has 1 fully saturated rings. The maximum Gasteiger partial charge on any atom is 0.0609 e. The zero-order chi connectivity index (χ0) is 14.7. The first-order valence-electron chi connectivity index (χ1n) is 7.79. The van der Waals surface area contributed by atoms with Crippen LogP contribution >= 0.6 is 0 Å². The molecule has 1 aliphatic heterocycles. The van der Waals surface area contributed by atoms with E-state index in [0.717, 1.165) is 12.3 Å². The van der Waals surface area contributed by atoms with Gasteiger partial charge in [0, 0.05) is 11.6 Å². The Balaban J connectivity index is 2.53. The Hall–Kier alpha value is -0.120. The molecule has 0 radical (unpaired) electrons. The lowest BCUT2D eigenvalue weighted by atomic mass is 9.77. The van der Waals surface area contributed by atoms with Crippen LogP contribution in [0.15, 0.2) is 0 Å². The Morgan fingerprint density at radius 1 is 1.21 bits per heavy atom. The lowest BCUT2D eigenvalue weighted by molar-refractivity contribution is 0.135. The maximum atomic E-state index is 9.30. The van der Waals surface area contributed by atoms with Crippen molar-refractivity contribution in [1.29, 1.82) is 0 Å². The molecule has 1 rings (SSSR count). The molecule has 3 N–H and O–H groups in total. The van der Waals surface area contributed by atoms with E-state index in [9.17, 15) is 5.11 Å². The molecule has 0 aliphatic carbocycles. The maximum absolute atomic E-state index is 9.30. The highest BCUT2D eigenvalue weighted by molar-refractivity contribution is 4.86. The van der Waals surface area contributed by atoms with Crippen LogP contribution in [0.25, 0.3) is 0 Å². The molecule has 1 aliphatic rings. The number of rotatable bonds is 4. The fraction of sp³-hybridized carbons (Fsp3) is 1.00. The molecular formula is C16H34N2O. The van der Waals surface area contributed by atoms with Gasteiger partial charge in [-0.15, -0.1) is 0 Å². The zero-order valence-corrected chi connectivity index (χ0v) is 13.6. The van der Waals surface area contributed by atoms with Crippen LogP contribution in [-0.4, -0.2) is 41.3 Å². The van der Waals surface area contributed by atoms with Crippen molar-refractivity contribution in [2.75, 3.05) is 19.7 Å². The molecule has 0 aromatic rings. The van der Waals surface area contributed by atoms with Crippen LogP contribution in [0.5, 0.6) is 0 Å². The highest BCUT2D eigenvalue weighted by Crippen LogP contribution is 2.34. The van der Waals surface area contributed by atoms with E-state index in [1.165, 1.54) is 32.4 Å². The quantitative estimate of drug-likeness (QED) is 0.825. The first kappa shape index (κ1) is 16.9. The average Bonchev–Trinajstić information content (AvgIpc) is 2.53. The standard InChI is InChI=1S/C16H34N2O/c1-13(11-16(5,17)12-19)18-9-6-7-14(8-10-18)15(2,3)4/h13-14,19H,6-12,17H2,1-5H3. The summed E-state index contributed by atoms with van der Waals surface area (Å²) in [5.74, 6) is 0.826. The van der Waals surface area contributed by atoms with Gasteiger partial charge in [0.15, 0.2) is 0 Å². The van der Waals surface area contributed by atoms with Crippen molar-refractivity contribution >= 4 is 0 Å². The van der Waals surface area contributed by atoms with Crippen molar-refractivity contribution in [2.24, 2.45) is 17.1 Å². The molecular weight excluding hydrogens is 236 g/mol. The third-order valence-electron chi connectivity index (χ3n) is 4.73. The summed E-state index contributed by atoms with van der Waals surface area (Å²) in [4.78, 5) is 2.56. The third-order valence-corrected chi connectivity index (χ3v) is 4.73. The van der Waals surface area contributed by atoms with E-state index >= 15 is 0 Å². The molecule has 0 bridgehead atoms.